The van der Waals surface area contributed by atoms with Crippen LogP contribution in [-0.2, 0) is 0 Å². The Morgan fingerprint density at radius 2 is 2.00 bits per heavy atom. The van der Waals surface area contributed by atoms with Gasteiger partial charge in [0, 0.05) is 18.9 Å². The van der Waals surface area contributed by atoms with Crippen LogP contribution in [0.3, 0.4) is 0 Å². The molecule has 1 amide bonds. The summed E-state index contributed by atoms with van der Waals surface area (Å²) < 4.78 is 0. The summed E-state index contributed by atoms with van der Waals surface area (Å²) in [7, 11) is 1.70. The topological polar surface area (TPSA) is 71.2 Å². The van der Waals surface area contributed by atoms with E-state index in [9.17, 15) is 4.79 Å². The molecular formula is C14H15ClN4O. The van der Waals surface area contributed by atoms with Crippen LogP contribution in [0.2, 0.25) is 5.02 Å². The largest absolute Gasteiger partial charge is 0.311 e. The molecule has 2 aromatic rings. The van der Waals surface area contributed by atoms with Gasteiger partial charge in [0.1, 0.15) is 0 Å². The van der Waals surface area contributed by atoms with Gasteiger partial charge in [0.2, 0.25) is 0 Å². The molecule has 1 heterocycles. The first-order valence-electron chi connectivity index (χ1n) is 6.00. The number of nitrogens with two attached hydrogens (primary N) is 1. The summed E-state index contributed by atoms with van der Waals surface area (Å²) in [6.45, 7) is 1.99. The molecule has 6 heteroatoms. The van der Waals surface area contributed by atoms with Crippen molar-refractivity contribution in [3.63, 3.8) is 0 Å². The summed E-state index contributed by atoms with van der Waals surface area (Å²) in [5.41, 5.74) is 4.70. The molecule has 104 valence electrons. The van der Waals surface area contributed by atoms with Crippen molar-refractivity contribution < 1.29 is 4.79 Å². The molecule has 0 fully saturated rings. The van der Waals surface area contributed by atoms with E-state index in [1.807, 2.05) is 31.2 Å². The first-order valence-corrected chi connectivity index (χ1v) is 6.37. The average molecular weight is 291 g/mol. The third-order valence-electron chi connectivity index (χ3n) is 2.95. The predicted molar refractivity (Wildman–Crippen MR) is 81.0 cm³/mol. The number of rotatable bonds is 3. The molecule has 1 aromatic carbocycles. The second-order valence-corrected chi connectivity index (χ2v) is 4.81. The van der Waals surface area contributed by atoms with Crippen molar-refractivity contribution in [2.75, 3.05) is 17.4 Å². The van der Waals surface area contributed by atoms with E-state index in [1.165, 1.54) is 12.3 Å². The van der Waals surface area contributed by atoms with Gasteiger partial charge in [-0.15, -0.1) is 0 Å². The minimum absolute atomic E-state index is 0.188. The SMILES string of the molecule is Cc1ccc(N(C)C(=O)c2cnc(NN)c(Cl)c2)cc1. The van der Waals surface area contributed by atoms with Crippen LogP contribution in [0.4, 0.5) is 11.5 Å². The van der Waals surface area contributed by atoms with E-state index in [0.29, 0.717) is 16.4 Å². The van der Waals surface area contributed by atoms with E-state index < -0.39 is 0 Å². The number of anilines is 2. The Kier molecular flexibility index (Phi) is 4.22. The van der Waals surface area contributed by atoms with E-state index in [2.05, 4.69) is 10.4 Å². The Morgan fingerprint density at radius 1 is 1.35 bits per heavy atom. The predicted octanol–water partition coefficient (Wildman–Crippen LogP) is 2.61. The number of nitrogen functional groups attached to an aromatic ring is 1. The molecule has 1 aromatic heterocycles. The molecule has 0 atom stereocenters. The van der Waals surface area contributed by atoms with E-state index in [0.717, 1.165) is 11.3 Å². The summed E-state index contributed by atoms with van der Waals surface area (Å²) in [6.07, 6.45) is 1.44. The molecule has 0 spiro atoms. The number of aromatic nitrogens is 1. The molecule has 0 aliphatic heterocycles. The lowest BCUT2D eigenvalue weighted by molar-refractivity contribution is 0.0992. The number of hydrogen-bond donors (Lipinski definition) is 2. The Balaban J connectivity index is 2.26. The maximum atomic E-state index is 12.4. The smallest absolute Gasteiger partial charge is 0.259 e. The number of aryl methyl sites for hydroxylation is 1. The van der Waals surface area contributed by atoms with Gasteiger partial charge in [-0.1, -0.05) is 29.3 Å². The van der Waals surface area contributed by atoms with Crippen LogP contribution in [0.15, 0.2) is 36.5 Å². The fourth-order valence-corrected chi connectivity index (χ4v) is 1.96. The van der Waals surface area contributed by atoms with Gasteiger partial charge in [0.25, 0.3) is 5.91 Å². The van der Waals surface area contributed by atoms with Gasteiger partial charge in [-0.3, -0.25) is 4.79 Å². The molecule has 20 heavy (non-hydrogen) atoms. The fraction of sp³-hybridized carbons (Fsp3) is 0.143. The number of amides is 1. The van der Waals surface area contributed by atoms with Gasteiger partial charge in [-0.25, -0.2) is 10.8 Å². The summed E-state index contributed by atoms with van der Waals surface area (Å²) in [5.74, 6) is 5.40. The maximum absolute atomic E-state index is 12.4. The highest BCUT2D eigenvalue weighted by molar-refractivity contribution is 6.33. The highest BCUT2D eigenvalue weighted by atomic mass is 35.5. The molecule has 0 saturated heterocycles. The number of nitrogens with zero attached hydrogens (tertiary/aromatic N) is 2. The molecule has 0 saturated carbocycles. The lowest BCUT2D eigenvalue weighted by Gasteiger charge is -2.17. The summed E-state index contributed by atoms with van der Waals surface area (Å²) in [6, 6.07) is 9.21. The fourth-order valence-electron chi connectivity index (χ4n) is 1.74. The van der Waals surface area contributed by atoms with Crippen LogP contribution < -0.4 is 16.2 Å². The lowest BCUT2D eigenvalue weighted by atomic mass is 10.2. The number of carbonyl (C=O) groups excluding carboxylic acids is 1. The average Bonchev–Trinajstić information content (AvgIpc) is 2.46. The zero-order chi connectivity index (χ0) is 14.7. The quantitative estimate of drug-likeness (QED) is 0.673. The zero-order valence-electron chi connectivity index (χ0n) is 11.2. The standard InChI is InChI=1S/C14H15ClN4O/c1-9-3-5-11(6-4-9)19(2)14(20)10-7-12(15)13(18-16)17-8-10/h3-8H,16H2,1-2H3,(H,17,18). The van der Waals surface area contributed by atoms with E-state index in [4.69, 9.17) is 17.4 Å². The minimum atomic E-state index is -0.188. The van der Waals surface area contributed by atoms with Crippen LogP contribution in [0.5, 0.6) is 0 Å². The summed E-state index contributed by atoms with van der Waals surface area (Å²) in [5, 5.41) is 0.302. The van der Waals surface area contributed by atoms with Crippen molar-refractivity contribution in [3.05, 3.63) is 52.7 Å². The number of halogens is 1. The molecule has 0 unspecified atom stereocenters. The monoisotopic (exact) mass is 290 g/mol. The number of benzene rings is 1. The lowest BCUT2D eigenvalue weighted by Crippen LogP contribution is -2.26. The van der Waals surface area contributed by atoms with Gasteiger partial charge in [-0.05, 0) is 25.1 Å². The van der Waals surface area contributed by atoms with Crippen molar-refractivity contribution >= 4 is 29.0 Å². The van der Waals surface area contributed by atoms with Crippen molar-refractivity contribution in [1.82, 2.24) is 4.98 Å². The number of hydrazine groups is 1. The van der Waals surface area contributed by atoms with Crippen LogP contribution in [0, 0.1) is 6.92 Å². The Labute approximate surface area is 122 Å². The third kappa shape index (κ3) is 2.89. The number of pyridine rings is 1. The number of carbonyl (C=O) groups is 1. The first kappa shape index (κ1) is 14.3. The van der Waals surface area contributed by atoms with Crippen LogP contribution in [-0.4, -0.2) is 17.9 Å². The number of nitrogens with one attached hydrogen (secondary N) is 1. The van der Waals surface area contributed by atoms with Crippen molar-refractivity contribution in [2.24, 2.45) is 5.84 Å². The van der Waals surface area contributed by atoms with E-state index in [-0.39, 0.29) is 5.91 Å². The third-order valence-corrected chi connectivity index (χ3v) is 3.24. The molecule has 0 aliphatic rings. The Morgan fingerprint density at radius 3 is 2.55 bits per heavy atom. The van der Waals surface area contributed by atoms with E-state index in [1.54, 1.807) is 11.9 Å². The van der Waals surface area contributed by atoms with Gasteiger partial charge in [0.15, 0.2) is 5.82 Å². The van der Waals surface area contributed by atoms with Crippen LogP contribution in [0.1, 0.15) is 15.9 Å². The second-order valence-electron chi connectivity index (χ2n) is 4.40. The first-order chi connectivity index (χ1) is 9.52. The normalized spacial score (nSPS) is 10.2. The summed E-state index contributed by atoms with van der Waals surface area (Å²) in [4.78, 5) is 17.9. The van der Waals surface area contributed by atoms with E-state index >= 15 is 0 Å². The molecule has 0 aliphatic carbocycles. The van der Waals surface area contributed by atoms with Gasteiger partial charge in [-0.2, -0.15) is 0 Å². The molecule has 3 N–H and O–H groups in total. The van der Waals surface area contributed by atoms with Crippen LogP contribution >= 0.6 is 11.6 Å². The Bertz CT molecular complexity index is 628. The van der Waals surface area contributed by atoms with Gasteiger partial charge < -0.3 is 10.3 Å². The molecular weight excluding hydrogens is 276 g/mol. The minimum Gasteiger partial charge on any atom is -0.311 e. The molecule has 2 rings (SSSR count). The maximum Gasteiger partial charge on any atom is 0.259 e. The zero-order valence-corrected chi connectivity index (χ0v) is 12.0. The van der Waals surface area contributed by atoms with Crippen molar-refractivity contribution in [3.8, 4) is 0 Å². The highest BCUT2D eigenvalue weighted by Gasteiger charge is 2.15. The van der Waals surface area contributed by atoms with Gasteiger partial charge >= 0.3 is 0 Å². The molecule has 0 bridgehead atoms. The highest BCUT2D eigenvalue weighted by Crippen LogP contribution is 2.21. The summed E-state index contributed by atoms with van der Waals surface area (Å²) >= 11 is 5.97. The van der Waals surface area contributed by atoms with Crippen molar-refractivity contribution in [1.29, 1.82) is 0 Å². The second kappa shape index (κ2) is 5.90. The molecule has 0 radical (unpaired) electrons. The van der Waals surface area contributed by atoms with Crippen molar-refractivity contribution in [2.45, 2.75) is 6.92 Å². The Hall–Kier alpha value is -2.11. The number of hydrogen-bond acceptors (Lipinski definition) is 4. The van der Waals surface area contributed by atoms with Gasteiger partial charge in [0.05, 0.1) is 10.6 Å². The molecule has 5 nitrogen and oxygen atoms in total. The van der Waals surface area contributed by atoms with Crippen LogP contribution in [0.25, 0.3) is 0 Å².